The molecule has 1 amide bonds. The second-order valence-corrected chi connectivity index (χ2v) is 7.41. The van der Waals surface area contributed by atoms with Crippen molar-refractivity contribution in [1.82, 2.24) is 4.90 Å². The molecule has 0 radical (unpaired) electrons. The van der Waals surface area contributed by atoms with Gasteiger partial charge in [0.15, 0.2) is 4.84 Å². The second-order valence-electron chi connectivity index (χ2n) is 6.31. The molecule has 0 saturated heterocycles. The Morgan fingerprint density at radius 3 is 1.86 bits per heavy atom. The number of rotatable bonds is 14. The lowest BCUT2D eigenvalue weighted by atomic mass is 10.2. The Balaban J connectivity index is 1.54. The quantitative estimate of drug-likeness (QED) is 0.328. The highest BCUT2D eigenvalue weighted by Gasteiger charge is 2.20. The van der Waals surface area contributed by atoms with Gasteiger partial charge >= 0.3 is 0 Å². The summed E-state index contributed by atoms with van der Waals surface area (Å²) in [5.41, 5.74) is 2.15. The fourth-order valence-electron chi connectivity index (χ4n) is 2.59. The van der Waals surface area contributed by atoms with E-state index in [9.17, 15) is 4.79 Å². The van der Waals surface area contributed by atoms with Crippen molar-refractivity contribution >= 4 is 29.1 Å². The van der Waals surface area contributed by atoms with Crippen LogP contribution in [-0.2, 0) is 32.2 Å². The minimum absolute atomic E-state index is 0.326. The summed E-state index contributed by atoms with van der Waals surface area (Å²) in [5.74, 6) is -0.326. The maximum atomic E-state index is 12.2. The van der Waals surface area contributed by atoms with Gasteiger partial charge in [0.25, 0.3) is 5.91 Å². The summed E-state index contributed by atoms with van der Waals surface area (Å²) in [6.07, 6.45) is 0. The smallest absolute Gasteiger partial charge is 0.256 e. The highest BCUT2D eigenvalue weighted by Crippen LogP contribution is 2.11. The van der Waals surface area contributed by atoms with Crippen LogP contribution < -0.4 is 0 Å². The van der Waals surface area contributed by atoms with Crippen molar-refractivity contribution in [3.8, 4) is 0 Å². The van der Waals surface area contributed by atoms with E-state index >= 15 is 0 Å². The Bertz CT molecular complexity index is 686. The molecule has 5 nitrogen and oxygen atoms in total. The molecule has 0 saturated carbocycles. The number of benzene rings is 2. The lowest BCUT2D eigenvalue weighted by Gasteiger charge is -2.23. The van der Waals surface area contributed by atoms with E-state index in [2.05, 4.69) is 0 Å². The van der Waals surface area contributed by atoms with Crippen LogP contribution in [0.5, 0.6) is 0 Å². The molecule has 2 aromatic rings. The first-order valence-electron chi connectivity index (χ1n) is 9.55. The predicted molar refractivity (Wildman–Crippen MR) is 115 cm³/mol. The summed E-state index contributed by atoms with van der Waals surface area (Å²) in [6, 6.07) is 19.7. The normalized spacial score (nSPS) is 11.0. The number of ether oxygens (including phenoxy) is 3. The van der Waals surface area contributed by atoms with Crippen molar-refractivity contribution in [1.29, 1.82) is 0 Å². The van der Waals surface area contributed by atoms with E-state index in [0.717, 1.165) is 11.1 Å². The maximum absolute atomic E-state index is 12.2. The van der Waals surface area contributed by atoms with Gasteiger partial charge in [-0.05, 0) is 11.1 Å². The zero-order valence-corrected chi connectivity index (χ0v) is 17.9. The molecule has 7 heteroatoms. The van der Waals surface area contributed by atoms with Crippen LogP contribution in [0.2, 0.25) is 0 Å². The largest absolute Gasteiger partial charge is 0.377 e. The van der Waals surface area contributed by atoms with Gasteiger partial charge in [-0.1, -0.05) is 83.9 Å². The first-order valence-corrected chi connectivity index (χ1v) is 10.4. The monoisotopic (exact) mass is 439 g/mol. The van der Waals surface area contributed by atoms with E-state index in [-0.39, 0.29) is 5.91 Å². The van der Waals surface area contributed by atoms with Gasteiger partial charge in [0.05, 0.1) is 39.6 Å². The molecule has 2 aromatic carbocycles. The number of nitrogens with zero attached hydrogens (tertiary/aromatic N) is 1. The van der Waals surface area contributed by atoms with Crippen molar-refractivity contribution in [2.45, 2.75) is 18.0 Å². The Kier molecular flexibility index (Phi) is 11.7. The van der Waals surface area contributed by atoms with E-state index in [4.69, 9.17) is 37.4 Å². The Labute approximate surface area is 182 Å². The van der Waals surface area contributed by atoms with Gasteiger partial charge in [-0.25, -0.2) is 0 Å². The van der Waals surface area contributed by atoms with Gasteiger partial charge in [-0.15, -0.1) is 0 Å². The molecule has 0 aromatic heterocycles. The molecule has 0 heterocycles. The molecular weight excluding hydrogens is 413 g/mol. The molecule has 0 unspecified atom stereocenters. The third kappa shape index (κ3) is 10.1. The number of hydrogen-bond donors (Lipinski definition) is 0. The van der Waals surface area contributed by atoms with Gasteiger partial charge < -0.3 is 19.1 Å². The third-order valence-corrected chi connectivity index (χ3v) is 4.45. The van der Waals surface area contributed by atoms with Crippen LogP contribution in [0.4, 0.5) is 0 Å². The average molecular weight is 440 g/mol. The first-order chi connectivity index (χ1) is 14.2. The summed E-state index contributed by atoms with van der Waals surface area (Å²) in [5, 5.41) is 0. The van der Waals surface area contributed by atoms with Gasteiger partial charge in [0.2, 0.25) is 0 Å². The fourth-order valence-corrected chi connectivity index (χ4v) is 2.86. The molecule has 0 aliphatic heterocycles. The van der Waals surface area contributed by atoms with E-state index in [1.807, 2.05) is 60.7 Å². The van der Waals surface area contributed by atoms with E-state index in [1.54, 1.807) is 4.90 Å². The average Bonchev–Trinajstić information content (AvgIpc) is 2.75. The van der Waals surface area contributed by atoms with E-state index in [1.165, 1.54) is 0 Å². The second kappa shape index (κ2) is 14.4. The zero-order chi connectivity index (χ0) is 20.7. The van der Waals surface area contributed by atoms with Crippen LogP contribution in [0.25, 0.3) is 0 Å². The summed E-state index contributed by atoms with van der Waals surface area (Å²) in [7, 11) is 0. The van der Waals surface area contributed by atoms with Crippen LogP contribution in [-0.4, -0.2) is 55.2 Å². The maximum Gasteiger partial charge on any atom is 0.256 e. The van der Waals surface area contributed by atoms with Crippen molar-refractivity contribution in [3.63, 3.8) is 0 Å². The summed E-state index contributed by atoms with van der Waals surface area (Å²) in [6.45, 7) is 3.75. The molecule has 29 heavy (non-hydrogen) atoms. The minimum atomic E-state index is -1.09. The standard InChI is InChI=1S/C22H27Cl2NO4/c23-21(24)22(26)25(17-19-7-3-1-4-8-19)11-12-27-13-14-28-15-16-29-18-20-9-5-2-6-10-20/h1-10,21H,11-18H2. The molecule has 158 valence electrons. The highest BCUT2D eigenvalue weighted by atomic mass is 35.5. The molecule has 0 fully saturated rings. The highest BCUT2D eigenvalue weighted by molar-refractivity contribution is 6.53. The predicted octanol–water partition coefficient (Wildman–Crippen LogP) is 4.07. The number of alkyl halides is 2. The Morgan fingerprint density at radius 1 is 0.759 bits per heavy atom. The van der Waals surface area contributed by atoms with Crippen molar-refractivity contribution in [3.05, 3.63) is 71.8 Å². The number of hydrogen-bond acceptors (Lipinski definition) is 4. The topological polar surface area (TPSA) is 48.0 Å². The van der Waals surface area contributed by atoms with Crippen LogP contribution in [0, 0.1) is 0 Å². The Hall–Kier alpha value is -1.63. The van der Waals surface area contributed by atoms with E-state index < -0.39 is 4.84 Å². The van der Waals surface area contributed by atoms with Gasteiger partial charge in [-0.2, -0.15) is 0 Å². The van der Waals surface area contributed by atoms with Crippen LogP contribution in [0.3, 0.4) is 0 Å². The van der Waals surface area contributed by atoms with Crippen LogP contribution >= 0.6 is 23.2 Å². The summed E-state index contributed by atoms with van der Waals surface area (Å²) < 4.78 is 16.6. The van der Waals surface area contributed by atoms with Gasteiger partial charge in [-0.3, -0.25) is 4.79 Å². The van der Waals surface area contributed by atoms with Crippen LogP contribution in [0.15, 0.2) is 60.7 Å². The van der Waals surface area contributed by atoms with Crippen molar-refractivity contribution in [2.24, 2.45) is 0 Å². The van der Waals surface area contributed by atoms with Crippen LogP contribution in [0.1, 0.15) is 11.1 Å². The molecule has 2 rings (SSSR count). The molecule has 0 bridgehead atoms. The fraction of sp³-hybridized carbons (Fsp3) is 0.409. The molecule has 0 atom stereocenters. The number of amides is 1. The molecule has 0 spiro atoms. The molecular formula is C22H27Cl2NO4. The molecule has 0 N–H and O–H groups in total. The summed E-state index contributed by atoms with van der Waals surface area (Å²) >= 11 is 11.5. The van der Waals surface area contributed by atoms with Gasteiger partial charge in [0.1, 0.15) is 0 Å². The first kappa shape index (κ1) is 23.6. The number of carbonyl (C=O) groups is 1. The summed E-state index contributed by atoms with van der Waals surface area (Å²) in [4.78, 5) is 12.7. The lowest BCUT2D eigenvalue weighted by Crippen LogP contribution is -2.37. The number of halogens is 2. The SMILES string of the molecule is O=C(C(Cl)Cl)N(CCOCCOCCOCc1ccccc1)Cc1ccccc1. The lowest BCUT2D eigenvalue weighted by molar-refractivity contribution is -0.130. The molecule has 0 aliphatic rings. The third-order valence-electron chi connectivity index (χ3n) is 4.08. The van der Waals surface area contributed by atoms with Crippen molar-refractivity contribution in [2.75, 3.05) is 39.6 Å². The zero-order valence-electron chi connectivity index (χ0n) is 16.3. The Morgan fingerprint density at radius 2 is 1.28 bits per heavy atom. The van der Waals surface area contributed by atoms with Crippen molar-refractivity contribution < 1.29 is 19.0 Å². The minimum Gasteiger partial charge on any atom is -0.377 e. The van der Waals surface area contributed by atoms with Gasteiger partial charge in [0, 0.05) is 13.1 Å². The number of carbonyl (C=O) groups excluding carboxylic acids is 1. The van der Waals surface area contributed by atoms with E-state index in [0.29, 0.717) is 52.7 Å². The molecule has 0 aliphatic carbocycles.